The summed E-state index contributed by atoms with van der Waals surface area (Å²) < 4.78 is 18.5. The second-order valence-electron chi connectivity index (χ2n) is 5.16. The lowest BCUT2D eigenvalue weighted by Crippen LogP contribution is -2.19. The number of halogens is 1. The average molecular weight is 322 g/mol. The molecule has 24 heavy (non-hydrogen) atoms. The molecule has 0 radical (unpaired) electrons. The molecule has 3 rings (SSSR count). The minimum atomic E-state index is -0.298. The predicted molar refractivity (Wildman–Crippen MR) is 90.0 cm³/mol. The molecule has 0 saturated heterocycles. The summed E-state index contributed by atoms with van der Waals surface area (Å²) in [4.78, 5) is 11.8. The first-order valence-electron chi connectivity index (χ1n) is 7.42. The van der Waals surface area contributed by atoms with Gasteiger partial charge in [0, 0.05) is 5.56 Å². The molecule has 0 aliphatic heterocycles. The molecule has 0 unspecified atom stereocenters. The number of carbonyl (C=O) groups excluding carboxylic acids is 1. The summed E-state index contributed by atoms with van der Waals surface area (Å²) in [5.74, 6) is 0.595. The minimum absolute atomic E-state index is 0.206. The van der Waals surface area contributed by atoms with Crippen LogP contribution in [-0.2, 0) is 11.2 Å². The molecule has 0 fully saturated rings. The third-order valence-corrected chi connectivity index (χ3v) is 3.34. The van der Waals surface area contributed by atoms with E-state index in [1.165, 1.54) is 18.3 Å². The van der Waals surface area contributed by atoms with E-state index in [4.69, 9.17) is 4.42 Å². The molecular formula is C19H15FN2O2. The van der Waals surface area contributed by atoms with Crippen LogP contribution in [0.2, 0.25) is 0 Å². The molecule has 0 bridgehead atoms. The third-order valence-electron chi connectivity index (χ3n) is 3.34. The molecule has 0 atom stereocenters. The van der Waals surface area contributed by atoms with Crippen molar-refractivity contribution in [3.05, 3.63) is 83.9 Å². The van der Waals surface area contributed by atoms with Crippen LogP contribution >= 0.6 is 0 Å². The fraction of sp³-hybridized carbons (Fsp3) is 0.0526. The lowest BCUT2D eigenvalue weighted by molar-refractivity contribution is -0.120. The monoisotopic (exact) mass is 322 g/mol. The van der Waals surface area contributed by atoms with E-state index in [2.05, 4.69) is 10.5 Å². The fourth-order valence-corrected chi connectivity index (χ4v) is 2.18. The summed E-state index contributed by atoms with van der Waals surface area (Å²) in [7, 11) is 0. The Labute approximate surface area is 138 Å². The van der Waals surface area contributed by atoms with E-state index < -0.39 is 0 Å². The number of hydrazone groups is 1. The van der Waals surface area contributed by atoms with E-state index in [1.807, 2.05) is 30.3 Å². The molecule has 0 aliphatic rings. The van der Waals surface area contributed by atoms with Crippen LogP contribution in [0.5, 0.6) is 0 Å². The largest absolute Gasteiger partial charge is 0.455 e. The summed E-state index contributed by atoms with van der Waals surface area (Å²) in [6.45, 7) is 0. The number of carbonyl (C=O) groups is 1. The molecular weight excluding hydrogens is 307 g/mol. The maximum atomic E-state index is 12.9. The van der Waals surface area contributed by atoms with E-state index in [9.17, 15) is 9.18 Å². The van der Waals surface area contributed by atoms with Crippen molar-refractivity contribution >= 4 is 12.1 Å². The van der Waals surface area contributed by atoms with Gasteiger partial charge in [-0.05, 0) is 42.0 Å². The van der Waals surface area contributed by atoms with Gasteiger partial charge in [0.05, 0.1) is 12.6 Å². The number of rotatable bonds is 5. The first-order chi connectivity index (χ1) is 11.7. The molecule has 1 heterocycles. The molecule has 3 aromatic rings. The molecule has 2 aromatic carbocycles. The molecule has 1 aromatic heterocycles. The van der Waals surface area contributed by atoms with Crippen molar-refractivity contribution in [2.45, 2.75) is 6.42 Å². The van der Waals surface area contributed by atoms with Crippen LogP contribution in [0.3, 0.4) is 0 Å². The molecule has 0 spiro atoms. The zero-order valence-corrected chi connectivity index (χ0v) is 12.8. The highest BCUT2D eigenvalue weighted by atomic mass is 19.1. The van der Waals surface area contributed by atoms with Crippen molar-refractivity contribution in [3.8, 4) is 11.3 Å². The Morgan fingerprint density at radius 3 is 2.54 bits per heavy atom. The molecule has 0 saturated carbocycles. The van der Waals surface area contributed by atoms with Gasteiger partial charge in [-0.3, -0.25) is 4.79 Å². The Morgan fingerprint density at radius 1 is 1.04 bits per heavy atom. The van der Waals surface area contributed by atoms with Gasteiger partial charge >= 0.3 is 0 Å². The van der Waals surface area contributed by atoms with Crippen LogP contribution in [0.25, 0.3) is 11.3 Å². The number of amides is 1. The maximum Gasteiger partial charge on any atom is 0.244 e. The highest BCUT2D eigenvalue weighted by molar-refractivity contribution is 5.82. The van der Waals surface area contributed by atoms with E-state index >= 15 is 0 Å². The summed E-state index contributed by atoms with van der Waals surface area (Å²) in [5.41, 5.74) is 4.14. The van der Waals surface area contributed by atoms with Gasteiger partial charge in [-0.2, -0.15) is 5.10 Å². The lowest BCUT2D eigenvalue weighted by Gasteiger charge is -1.99. The second kappa shape index (κ2) is 7.37. The van der Waals surface area contributed by atoms with E-state index in [1.54, 1.807) is 24.3 Å². The van der Waals surface area contributed by atoms with Gasteiger partial charge in [-0.15, -0.1) is 0 Å². The van der Waals surface area contributed by atoms with Crippen LogP contribution in [0.1, 0.15) is 11.3 Å². The molecule has 1 amide bonds. The van der Waals surface area contributed by atoms with E-state index in [0.717, 1.165) is 11.1 Å². The first-order valence-corrected chi connectivity index (χ1v) is 7.42. The highest BCUT2D eigenvalue weighted by Crippen LogP contribution is 2.21. The van der Waals surface area contributed by atoms with Crippen molar-refractivity contribution < 1.29 is 13.6 Å². The number of hydrogen-bond acceptors (Lipinski definition) is 3. The maximum absolute atomic E-state index is 12.9. The van der Waals surface area contributed by atoms with Crippen LogP contribution < -0.4 is 5.43 Å². The number of nitrogens with one attached hydrogen (secondary N) is 1. The summed E-state index contributed by atoms with van der Waals surface area (Å²) in [6.07, 6.45) is 1.69. The smallest absolute Gasteiger partial charge is 0.244 e. The van der Waals surface area contributed by atoms with Crippen LogP contribution in [0.15, 0.2) is 76.2 Å². The van der Waals surface area contributed by atoms with Crippen LogP contribution in [0, 0.1) is 5.82 Å². The normalized spacial score (nSPS) is 10.9. The average Bonchev–Trinajstić information content (AvgIpc) is 3.05. The standard InChI is InChI=1S/C19H15FN2O2/c20-16-8-6-15(7-9-16)18-11-10-17(24-18)13-21-22-19(23)12-14-4-2-1-3-5-14/h1-11,13H,12H2,(H,22,23)/b21-13-. The summed E-state index contributed by atoms with van der Waals surface area (Å²) >= 11 is 0. The zero-order chi connectivity index (χ0) is 16.8. The van der Waals surface area contributed by atoms with Gasteiger partial charge in [0.1, 0.15) is 17.3 Å². The van der Waals surface area contributed by atoms with Gasteiger partial charge in [0.2, 0.25) is 5.91 Å². The lowest BCUT2D eigenvalue weighted by atomic mass is 10.1. The number of hydrogen-bond donors (Lipinski definition) is 1. The van der Waals surface area contributed by atoms with Crippen LogP contribution in [-0.4, -0.2) is 12.1 Å². The Kier molecular flexibility index (Phi) is 4.81. The van der Waals surface area contributed by atoms with E-state index in [0.29, 0.717) is 11.5 Å². The van der Waals surface area contributed by atoms with Crippen molar-refractivity contribution in [3.63, 3.8) is 0 Å². The Bertz CT molecular complexity index is 839. The molecule has 5 heteroatoms. The number of furan rings is 1. The Morgan fingerprint density at radius 2 is 1.79 bits per heavy atom. The van der Waals surface area contributed by atoms with Crippen LogP contribution in [0.4, 0.5) is 4.39 Å². The summed E-state index contributed by atoms with van der Waals surface area (Å²) in [5, 5.41) is 3.88. The second-order valence-corrected chi connectivity index (χ2v) is 5.16. The molecule has 1 N–H and O–H groups in total. The van der Waals surface area contributed by atoms with Gasteiger partial charge in [-0.1, -0.05) is 30.3 Å². The van der Waals surface area contributed by atoms with Gasteiger partial charge < -0.3 is 4.42 Å². The van der Waals surface area contributed by atoms with Crippen molar-refractivity contribution in [2.24, 2.45) is 5.10 Å². The van der Waals surface area contributed by atoms with Gasteiger partial charge in [-0.25, -0.2) is 9.82 Å². The number of nitrogens with zero attached hydrogens (tertiary/aromatic N) is 1. The van der Waals surface area contributed by atoms with Crippen molar-refractivity contribution in [1.82, 2.24) is 5.43 Å². The Hall–Kier alpha value is -3.21. The summed E-state index contributed by atoms with van der Waals surface area (Å²) in [6, 6.07) is 18.9. The topological polar surface area (TPSA) is 54.6 Å². The van der Waals surface area contributed by atoms with Gasteiger partial charge in [0.25, 0.3) is 0 Å². The first kappa shape index (κ1) is 15.7. The van der Waals surface area contributed by atoms with Crippen molar-refractivity contribution in [1.29, 1.82) is 0 Å². The third kappa shape index (κ3) is 4.16. The molecule has 0 aliphatic carbocycles. The fourth-order valence-electron chi connectivity index (χ4n) is 2.18. The molecule has 4 nitrogen and oxygen atoms in total. The SMILES string of the molecule is O=C(Cc1ccccc1)N/N=C\c1ccc(-c2ccc(F)cc2)o1. The van der Waals surface area contributed by atoms with Gasteiger partial charge in [0.15, 0.2) is 0 Å². The minimum Gasteiger partial charge on any atom is -0.455 e. The molecule has 120 valence electrons. The quantitative estimate of drug-likeness (QED) is 0.574. The number of benzene rings is 2. The van der Waals surface area contributed by atoms with Crippen molar-refractivity contribution in [2.75, 3.05) is 0 Å². The predicted octanol–water partition coefficient (Wildman–Crippen LogP) is 3.78. The van der Waals surface area contributed by atoms with E-state index in [-0.39, 0.29) is 18.1 Å². The zero-order valence-electron chi connectivity index (χ0n) is 12.8. The Balaban J connectivity index is 1.57. The highest BCUT2D eigenvalue weighted by Gasteiger charge is 2.04.